The van der Waals surface area contributed by atoms with E-state index < -0.39 is 0 Å². The summed E-state index contributed by atoms with van der Waals surface area (Å²) in [6.45, 7) is 13.3. The highest BCUT2D eigenvalue weighted by Gasteiger charge is 2.51. The van der Waals surface area contributed by atoms with Crippen LogP contribution in [-0.4, -0.2) is 18.3 Å². The van der Waals surface area contributed by atoms with Gasteiger partial charge in [-0.1, -0.05) is 50.2 Å². The van der Waals surface area contributed by atoms with Crippen LogP contribution in [0.3, 0.4) is 0 Å². The van der Waals surface area contributed by atoms with E-state index in [4.69, 9.17) is 14.0 Å². The molecule has 27 heavy (non-hydrogen) atoms. The van der Waals surface area contributed by atoms with Crippen LogP contribution < -0.4 is 10.2 Å². The molecule has 1 heterocycles. The monoisotopic (exact) mass is 366 g/mol. The molecular formula is C23H31BO3. The molecule has 1 aliphatic heterocycles. The highest BCUT2D eigenvalue weighted by atomic mass is 16.7. The van der Waals surface area contributed by atoms with Gasteiger partial charge < -0.3 is 14.0 Å². The third-order valence-corrected chi connectivity index (χ3v) is 5.48. The van der Waals surface area contributed by atoms with E-state index in [1.165, 1.54) is 11.1 Å². The molecule has 0 N–H and O–H groups in total. The number of hydrogen-bond donors (Lipinski definition) is 0. The summed E-state index contributed by atoms with van der Waals surface area (Å²) in [5.74, 6) is 1.52. The first kappa shape index (κ1) is 20.0. The lowest BCUT2D eigenvalue weighted by molar-refractivity contribution is 0.00578. The van der Waals surface area contributed by atoms with Crippen molar-refractivity contribution in [2.45, 2.75) is 65.8 Å². The zero-order chi connectivity index (χ0) is 19.7. The van der Waals surface area contributed by atoms with E-state index in [0.29, 0.717) is 12.5 Å². The van der Waals surface area contributed by atoms with Gasteiger partial charge in [0.15, 0.2) is 0 Å². The van der Waals surface area contributed by atoms with Gasteiger partial charge in [-0.25, -0.2) is 0 Å². The summed E-state index contributed by atoms with van der Waals surface area (Å²) in [4.78, 5) is 0. The van der Waals surface area contributed by atoms with Gasteiger partial charge in [0.1, 0.15) is 12.4 Å². The molecule has 1 fully saturated rings. The first-order valence-corrected chi connectivity index (χ1v) is 9.82. The topological polar surface area (TPSA) is 27.7 Å². The fraction of sp³-hybridized carbons (Fsp3) is 0.478. The first-order valence-electron chi connectivity index (χ1n) is 9.82. The largest absolute Gasteiger partial charge is 0.494 e. The van der Waals surface area contributed by atoms with Gasteiger partial charge in [0, 0.05) is 0 Å². The molecule has 2 aromatic carbocycles. The predicted molar refractivity (Wildman–Crippen MR) is 111 cm³/mol. The summed E-state index contributed by atoms with van der Waals surface area (Å²) in [7, 11) is -0.336. The fourth-order valence-corrected chi connectivity index (χ4v) is 3.11. The Hall–Kier alpha value is -1.78. The van der Waals surface area contributed by atoms with E-state index in [1.54, 1.807) is 0 Å². The Morgan fingerprint density at radius 3 is 1.85 bits per heavy atom. The van der Waals surface area contributed by atoms with Gasteiger partial charge in [0.25, 0.3) is 0 Å². The van der Waals surface area contributed by atoms with E-state index in [2.05, 4.69) is 65.8 Å². The van der Waals surface area contributed by atoms with Crippen molar-refractivity contribution in [3.8, 4) is 5.75 Å². The minimum atomic E-state index is -0.336. The molecule has 2 aromatic rings. The van der Waals surface area contributed by atoms with Gasteiger partial charge in [0.2, 0.25) is 0 Å². The van der Waals surface area contributed by atoms with Crippen LogP contribution in [0.4, 0.5) is 0 Å². The molecule has 0 aliphatic carbocycles. The van der Waals surface area contributed by atoms with Crippen molar-refractivity contribution < 1.29 is 14.0 Å². The Balaban J connectivity index is 1.57. The summed E-state index contributed by atoms with van der Waals surface area (Å²) < 4.78 is 18.1. The van der Waals surface area contributed by atoms with Crippen molar-refractivity contribution >= 4 is 12.6 Å². The minimum absolute atomic E-state index is 0.325. The van der Waals surface area contributed by atoms with Gasteiger partial charge in [0.05, 0.1) is 11.2 Å². The maximum atomic E-state index is 6.09. The summed E-state index contributed by atoms with van der Waals surface area (Å²) in [5, 5.41) is 0. The lowest BCUT2D eigenvalue weighted by atomic mass is 9.79. The van der Waals surface area contributed by atoms with Gasteiger partial charge in [-0.2, -0.15) is 0 Å². The predicted octanol–water partition coefficient (Wildman–Crippen LogP) is 4.76. The Morgan fingerprint density at radius 2 is 1.33 bits per heavy atom. The van der Waals surface area contributed by atoms with Crippen LogP contribution >= 0.6 is 0 Å². The van der Waals surface area contributed by atoms with Crippen LogP contribution in [0.1, 0.15) is 52.7 Å². The molecule has 144 valence electrons. The molecule has 0 bridgehead atoms. The third kappa shape index (κ3) is 4.74. The molecule has 3 nitrogen and oxygen atoms in total. The molecule has 1 aliphatic rings. The quantitative estimate of drug-likeness (QED) is 0.690. The van der Waals surface area contributed by atoms with E-state index >= 15 is 0 Å². The second-order valence-corrected chi connectivity index (χ2v) is 8.86. The Kier molecular flexibility index (Phi) is 5.69. The number of benzene rings is 2. The van der Waals surface area contributed by atoms with Crippen LogP contribution in [-0.2, 0) is 22.3 Å². The third-order valence-electron chi connectivity index (χ3n) is 5.48. The summed E-state index contributed by atoms with van der Waals surface area (Å²) in [5.41, 5.74) is 2.92. The van der Waals surface area contributed by atoms with Crippen LogP contribution in [0.15, 0.2) is 48.5 Å². The highest BCUT2D eigenvalue weighted by Crippen LogP contribution is 2.36. The normalized spacial score (nSPS) is 18.1. The molecule has 0 spiro atoms. The van der Waals surface area contributed by atoms with Crippen molar-refractivity contribution in [3.63, 3.8) is 0 Å². The smallest absolute Gasteiger partial charge is 0.489 e. The minimum Gasteiger partial charge on any atom is -0.489 e. The lowest BCUT2D eigenvalue weighted by Crippen LogP contribution is -2.41. The summed E-state index contributed by atoms with van der Waals surface area (Å²) in [6, 6.07) is 16.7. The molecule has 1 saturated heterocycles. The van der Waals surface area contributed by atoms with E-state index in [-0.39, 0.29) is 18.3 Å². The molecule has 0 saturated carbocycles. The molecule has 0 radical (unpaired) electrons. The van der Waals surface area contributed by atoms with Crippen molar-refractivity contribution in [3.05, 3.63) is 59.7 Å². The average Bonchev–Trinajstić information content (AvgIpc) is 2.82. The summed E-state index contributed by atoms with van der Waals surface area (Å²) in [6.07, 6.45) is 1.11. The van der Waals surface area contributed by atoms with Crippen molar-refractivity contribution in [2.24, 2.45) is 5.92 Å². The van der Waals surface area contributed by atoms with Crippen LogP contribution in [0.25, 0.3) is 0 Å². The lowest BCUT2D eigenvalue weighted by Gasteiger charge is -2.32. The van der Waals surface area contributed by atoms with Crippen molar-refractivity contribution in [1.29, 1.82) is 0 Å². The highest BCUT2D eigenvalue weighted by molar-refractivity contribution is 6.62. The second-order valence-electron chi connectivity index (χ2n) is 8.86. The molecule has 0 unspecified atom stereocenters. The standard InChI is InChI=1S/C23H31BO3/c1-17(2)15-18-7-9-19(10-8-18)16-25-21-13-11-20(12-14-21)24-26-22(3,4)23(5,6)27-24/h7-14,17H,15-16H2,1-6H3. The van der Waals surface area contributed by atoms with Gasteiger partial charge in [-0.05, 0) is 68.8 Å². The van der Waals surface area contributed by atoms with Crippen molar-refractivity contribution in [1.82, 2.24) is 0 Å². The molecule has 0 aromatic heterocycles. The first-order chi connectivity index (χ1) is 12.7. The second kappa shape index (κ2) is 7.69. The molecule has 3 rings (SSSR count). The Labute approximate surface area is 164 Å². The van der Waals surface area contributed by atoms with E-state index in [9.17, 15) is 0 Å². The average molecular weight is 366 g/mol. The maximum absolute atomic E-state index is 6.09. The number of hydrogen-bond acceptors (Lipinski definition) is 3. The van der Waals surface area contributed by atoms with Crippen LogP contribution in [0.2, 0.25) is 0 Å². The van der Waals surface area contributed by atoms with Crippen LogP contribution in [0.5, 0.6) is 5.75 Å². The van der Waals surface area contributed by atoms with E-state index in [1.807, 2.05) is 24.3 Å². The Bertz CT molecular complexity index is 732. The van der Waals surface area contributed by atoms with Gasteiger partial charge in [-0.3, -0.25) is 0 Å². The van der Waals surface area contributed by atoms with Crippen molar-refractivity contribution in [2.75, 3.05) is 0 Å². The van der Waals surface area contributed by atoms with Gasteiger partial charge in [-0.15, -0.1) is 0 Å². The maximum Gasteiger partial charge on any atom is 0.494 e. The van der Waals surface area contributed by atoms with Gasteiger partial charge >= 0.3 is 7.12 Å². The SMILES string of the molecule is CC(C)Cc1ccc(COc2ccc(B3OC(C)(C)C(C)(C)O3)cc2)cc1. The molecule has 4 heteroatoms. The molecule has 0 amide bonds. The summed E-state index contributed by atoms with van der Waals surface area (Å²) >= 11 is 0. The molecular weight excluding hydrogens is 335 g/mol. The fourth-order valence-electron chi connectivity index (χ4n) is 3.11. The number of ether oxygens (including phenoxy) is 1. The Morgan fingerprint density at radius 1 is 0.815 bits per heavy atom. The number of rotatable bonds is 6. The van der Waals surface area contributed by atoms with E-state index in [0.717, 1.165) is 17.6 Å². The zero-order valence-corrected chi connectivity index (χ0v) is 17.4. The zero-order valence-electron chi connectivity index (χ0n) is 17.4. The van der Waals surface area contributed by atoms with Crippen LogP contribution in [0, 0.1) is 5.92 Å². The molecule has 0 atom stereocenters.